The summed E-state index contributed by atoms with van der Waals surface area (Å²) in [6, 6.07) is 1.78. The summed E-state index contributed by atoms with van der Waals surface area (Å²) in [4.78, 5) is 20.4. The number of aryl methyl sites for hydroxylation is 1. The normalized spacial score (nSPS) is 15.6. The second-order valence-corrected chi connectivity index (χ2v) is 5.17. The second kappa shape index (κ2) is 6.54. The van der Waals surface area contributed by atoms with Crippen LogP contribution in [0.2, 0.25) is 0 Å². The molecule has 2 N–H and O–H groups in total. The maximum atomic E-state index is 11.9. The third-order valence-corrected chi connectivity index (χ3v) is 2.95. The van der Waals surface area contributed by atoms with Gasteiger partial charge in [0.15, 0.2) is 0 Å². The summed E-state index contributed by atoms with van der Waals surface area (Å²) in [5.41, 5.74) is 0.809. The number of ether oxygens (including phenoxy) is 1. The predicted octanol–water partition coefficient (Wildman–Crippen LogP) is 1.65. The molecule has 0 aromatic carbocycles. The monoisotopic (exact) mass is 278 g/mol. The lowest BCUT2D eigenvalue weighted by molar-refractivity contribution is -0.121. The smallest absolute Gasteiger partial charge is 0.242 e. The molecule has 0 saturated heterocycles. The summed E-state index contributed by atoms with van der Waals surface area (Å²) < 4.78 is 5.50. The molecule has 20 heavy (non-hydrogen) atoms. The number of amides is 1. The van der Waals surface area contributed by atoms with Gasteiger partial charge in [0.2, 0.25) is 17.7 Å². The van der Waals surface area contributed by atoms with Crippen LogP contribution in [-0.4, -0.2) is 34.6 Å². The number of hydrogen-bond acceptors (Lipinski definition) is 5. The maximum absolute atomic E-state index is 11.9. The van der Waals surface area contributed by atoms with E-state index in [0.29, 0.717) is 24.5 Å². The molecule has 1 aromatic heterocycles. The number of anilines is 1. The van der Waals surface area contributed by atoms with Crippen LogP contribution in [0.25, 0.3) is 0 Å². The standard InChI is InChI=1S/C14H22N4O2/c1-4-7-20-12-8-9(2)15-14(18-12)16-10(3)13(19)17-11-5-6-11/h8,10-11H,4-7H2,1-3H3,(H,17,19)(H,15,16,18). The highest BCUT2D eigenvalue weighted by Gasteiger charge is 2.25. The van der Waals surface area contributed by atoms with E-state index in [2.05, 4.69) is 20.6 Å². The van der Waals surface area contributed by atoms with E-state index in [-0.39, 0.29) is 11.9 Å². The van der Waals surface area contributed by atoms with Gasteiger partial charge in [-0.2, -0.15) is 4.98 Å². The molecule has 1 aliphatic carbocycles. The number of nitrogens with zero attached hydrogens (tertiary/aromatic N) is 2. The molecule has 0 spiro atoms. The lowest BCUT2D eigenvalue weighted by Gasteiger charge is -2.14. The predicted molar refractivity (Wildman–Crippen MR) is 76.8 cm³/mol. The van der Waals surface area contributed by atoms with Crippen molar-refractivity contribution >= 4 is 11.9 Å². The second-order valence-electron chi connectivity index (χ2n) is 5.17. The molecule has 0 aliphatic heterocycles. The first-order valence-corrected chi connectivity index (χ1v) is 7.14. The van der Waals surface area contributed by atoms with E-state index in [9.17, 15) is 4.79 Å². The Labute approximate surface area is 119 Å². The number of nitrogens with one attached hydrogen (secondary N) is 2. The van der Waals surface area contributed by atoms with E-state index < -0.39 is 0 Å². The van der Waals surface area contributed by atoms with E-state index in [4.69, 9.17) is 4.74 Å². The molecular formula is C14H22N4O2. The molecule has 1 unspecified atom stereocenters. The van der Waals surface area contributed by atoms with Crippen molar-refractivity contribution < 1.29 is 9.53 Å². The fraction of sp³-hybridized carbons (Fsp3) is 0.643. The van der Waals surface area contributed by atoms with Crippen molar-refractivity contribution in [3.05, 3.63) is 11.8 Å². The van der Waals surface area contributed by atoms with Gasteiger partial charge in [-0.25, -0.2) is 4.98 Å². The molecule has 1 heterocycles. The number of rotatable bonds is 7. The minimum Gasteiger partial charge on any atom is -0.478 e. The fourth-order valence-electron chi connectivity index (χ4n) is 1.70. The Morgan fingerprint density at radius 1 is 1.50 bits per heavy atom. The Hall–Kier alpha value is -1.85. The van der Waals surface area contributed by atoms with E-state index in [1.807, 2.05) is 13.8 Å². The topological polar surface area (TPSA) is 76.1 Å². The van der Waals surface area contributed by atoms with Gasteiger partial charge < -0.3 is 15.4 Å². The van der Waals surface area contributed by atoms with E-state index >= 15 is 0 Å². The fourth-order valence-corrected chi connectivity index (χ4v) is 1.70. The van der Waals surface area contributed by atoms with Crippen LogP contribution < -0.4 is 15.4 Å². The van der Waals surface area contributed by atoms with Crippen molar-refractivity contribution in [2.45, 2.75) is 52.1 Å². The summed E-state index contributed by atoms with van der Waals surface area (Å²) in [6.45, 7) is 6.34. The number of carbonyl (C=O) groups is 1. The van der Waals surface area contributed by atoms with E-state index in [0.717, 1.165) is 25.0 Å². The summed E-state index contributed by atoms with van der Waals surface area (Å²) >= 11 is 0. The molecular weight excluding hydrogens is 256 g/mol. The van der Waals surface area contributed by atoms with E-state index in [1.165, 1.54) is 0 Å². The van der Waals surface area contributed by atoms with Crippen LogP contribution in [0.3, 0.4) is 0 Å². The molecule has 110 valence electrons. The van der Waals surface area contributed by atoms with Crippen molar-refractivity contribution in [2.24, 2.45) is 0 Å². The van der Waals surface area contributed by atoms with Gasteiger partial charge in [0.1, 0.15) is 6.04 Å². The largest absolute Gasteiger partial charge is 0.478 e. The first kappa shape index (κ1) is 14.6. The minimum atomic E-state index is -0.364. The van der Waals surface area contributed by atoms with E-state index in [1.54, 1.807) is 13.0 Å². The number of aromatic nitrogens is 2. The van der Waals surface area contributed by atoms with Crippen molar-refractivity contribution in [3.63, 3.8) is 0 Å². The Morgan fingerprint density at radius 3 is 2.90 bits per heavy atom. The van der Waals surface area contributed by atoms with Crippen molar-refractivity contribution in [1.29, 1.82) is 0 Å². The van der Waals surface area contributed by atoms with Crippen LogP contribution in [0.15, 0.2) is 6.07 Å². The van der Waals surface area contributed by atoms with Crippen LogP contribution in [0.1, 0.15) is 38.8 Å². The van der Waals surface area contributed by atoms with Gasteiger partial charge in [0.25, 0.3) is 0 Å². The number of hydrogen-bond donors (Lipinski definition) is 2. The highest BCUT2D eigenvalue weighted by molar-refractivity contribution is 5.84. The van der Waals surface area contributed by atoms with Gasteiger partial charge in [-0.3, -0.25) is 4.79 Å². The zero-order valence-corrected chi connectivity index (χ0v) is 12.3. The Morgan fingerprint density at radius 2 is 2.25 bits per heavy atom. The third kappa shape index (κ3) is 4.36. The molecule has 1 aromatic rings. The van der Waals surface area contributed by atoms with Gasteiger partial charge in [-0.15, -0.1) is 0 Å². The first-order chi connectivity index (χ1) is 9.58. The third-order valence-electron chi connectivity index (χ3n) is 2.95. The molecule has 1 amide bonds. The summed E-state index contributed by atoms with van der Waals surface area (Å²) in [5, 5.41) is 5.97. The Bertz CT molecular complexity index is 474. The van der Waals surface area contributed by atoms with Crippen LogP contribution in [-0.2, 0) is 4.79 Å². The highest BCUT2D eigenvalue weighted by Crippen LogP contribution is 2.19. The molecule has 6 heteroatoms. The Kier molecular flexibility index (Phi) is 4.76. The average Bonchev–Trinajstić information content (AvgIpc) is 3.19. The molecule has 1 atom stereocenters. The highest BCUT2D eigenvalue weighted by atomic mass is 16.5. The molecule has 6 nitrogen and oxygen atoms in total. The molecule has 1 fully saturated rings. The lowest BCUT2D eigenvalue weighted by atomic mass is 10.3. The Balaban J connectivity index is 1.96. The van der Waals surface area contributed by atoms with Gasteiger partial charge in [-0.05, 0) is 33.1 Å². The van der Waals surface area contributed by atoms with Crippen LogP contribution in [0, 0.1) is 6.92 Å². The number of carbonyl (C=O) groups excluding carboxylic acids is 1. The molecule has 0 bridgehead atoms. The molecule has 1 aliphatic rings. The van der Waals surface area contributed by atoms with Crippen LogP contribution >= 0.6 is 0 Å². The summed E-state index contributed by atoms with van der Waals surface area (Å²) in [7, 11) is 0. The van der Waals surface area contributed by atoms with Gasteiger partial charge in [0.05, 0.1) is 6.61 Å². The van der Waals surface area contributed by atoms with Gasteiger partial charge in [0, 0.05) is 17.8 Å². The van der Waals surface area contributed by atoms with Crippen LogP contribution in [0.5, 0.6) is 5.88 Å². The quantitative estimate of drug-likeness (QED) is 0.793. The molecule has 2 rings (SSSR count). The van der Waals surface area contributed by atoms with Crippen molar-refractivity contribution in [3.8, 4) is 5.88 Å². The van der Waals surface area contributed by atoms with Crippen LogP contribution in [0.4, 0.5) is 5.95 Å². The van der Waals surface area contributed by atoms with Gasteiger partial charge in [-0.1, -0.05) is 6.92 Å². The van der Waals surface area contributed by atoms with Crippen molar-refractivity contribution in [2.75, 3.05) is 11.9 Å². The zero-order valence-electron chi connectivity index (χ0n) is 12.3. The lowest BCUT2D eigenvalue weighted by Crippen LogP contribution is -2.39. The van der Waals surface area contributed by atoms with Gasteiger partial charge >= 0.3 is 0 Å². The first-order valence-electron chi connectivity index (χ1n) is 7.14. The zero-order chi connectivity index (χ0) is 14.5. The maximum Gasteiger partial charge on any atom is 0.242 e. The molecule has 0 radical (unpaired) electrons. The molecule has 1 saturated carbocycles. The minimum absolute atomic E-state index is 0.0198. The van der Waals surface area contributed by atoms with Crippen molar-refractivity contribution in [1.82, 2.24) is 15.3 Å². The SMILES string of the molecule is CCCOc1cc(C)nc(NC(C)C(=O)NC2CC2)n1. The summed E-state index contributed by atoms with van der Waals surface area (Å²) in [5.74, 6) is 0.944. The summed E-state index contributed by atoms with van der Waals surface area (Å²) in [6.07, 6.45) is 3.08. The average molecular weight is 278 g/mol.